The van der Waals surface area contributed by atoms with E-state index in [1.807, 2.05) is 19.1 Å². The Hall–Kier alpha value is -1.63. The molecule has 2 atom stereocenters. The van der Waals surface area contributed by atoms with Crippen LogP contribution in [0, 0.1) is 0 Å². The van der Waals surface area contributed by atoms with Gasteiger partial charge in [-0.15, -0.1) is 0 Å². The normalized spacial score (nSPS) is 21.0. The summed E-state index contributed by atoms with van der Waals surface area (Å²) in [6, 6.07) is 3.61. The molecular weight excluding hydrogens is 317 g/mol. The highest BCUT2D eigenvalue weighted by atomic mass is 32.2. The van der Waals surface area contributed by atoms with Crippen molar-refractivity contribution in [3.63, 3.8) is 0 Å². The molecule has 2 unspecified atom stereocenters. The Kier molecular flexibility index (Phi) is 5.62. The number of amides is 1. The van der Waals surface area contributed by atoms with E-state index < -0.39 is 18.4 Å². The number of hydrogen-bond acceptors (Lipinski definition) is 5. The monoisotopic (exact) mass is 339 g/mol. The fourth-order valence-corrected chi connectivity index (χ4v) is 3.47. The maximum absolute atomic E-state index is 12.9. The van der Waals surface area contributed by atoms with E-state index in [1.165, 1.54) is 16.7 Å². The van der Waals surface area contributed by atoms with E-state index >= 15 is 0 Å². The van der Waals surface area contributed by atoms with Gasteiger partial charge in [0.1, 0.15) is 22.7 Å². The Bertz CT molecular complexity index is 574. The van der Waals surface area contributed by atoms with Gasteiger partial charge in [-0.2, -0.15) is 0 Å². The Labute approximate surface area is 140 Å². The molecule has 1 aromatic rings. The number of ether oxygens (including phenoxy) is 1. The number of pyridine rings is 1. The lowest BCUT2D eigenvalue weighted by Gasteiger charge is -2.31. The molecule has 0 saturated heterocycles. The molecule has 0 aliphatic carbocycles. The SMILES string of the molecule is CC1N=C(c2cccnc2)SC1N(CCF)C(=O)OC(C)(C)C. The van der Waals surface area contributed by atoms with E-state index in [9.17, 15) is 9.18 Å². The van der Waals surface area contributed by atoms with E-state index in [0.717, 1.165) is 10.6 Å². The van der Waals surface area contributed by atoms with Crippen LogP contribution in [0.1, 0.15) is 33.3 Å². The number of thioether (sulfide) groups is 1. The third kappa shape index (κ3) is 4.67. The highest BCUT2D eigenvalue weighted by Crippen LogP contribution is 2.33. The maximum atomic E-state index is 12.9. The smallest absolute Gasteiger partial charge is 0.411 e. The van der Waals surface area contributed by atoms with Crippen molar-refractivity contribution in [3.8, 4) is 0 Å². The molecule has 1 amide bonds. The van der Waals surface area contributed by atoms with Crippen molar-refractivity contribution >= 4 is 22.9 Å². The third-order valence-electron chi connectivity index (χ3n) is 3.14. The fourth-order valence-electron chi connectivity index (χ4n) is 2.18. The number of carbonyl (C=O) groups excluding carboxylic acids is 1. The number of aliphatic imine (C=N–C) groups is 1. The lowest BCUT2D eigenvalue weighted by atomic mass is 10.2. The van der Waals surface area contributed by atoms with Crippen molar-refractivity contribution in [2.45, 2.75) is 44.7 Å². The van der Waals surface area contributed by atoms with Crippen LogP contribution in [0.25, 0.3) is 0 Å². The quantitative estimate of drug-likeness (QED) is 0.842. The molecule has 23 heavy (non-hydrogen) atoms. The molecule has 7 heteroatoms. The second-order valence-corrected chi connectivity index (χ2v) is 7.39. The number of alkyl halides is 1. The van der Waals surface area contributed by atoms with Crippen LogP contribution in [0.4, 0.5) is 9.18 Å². The number of nitrogens with zero attached hydrogens (tertiary/aromatic N) is 3. The summed E-state index contributed by atoms with van der Waals surface area (Å²) >= 11 is 1.44. The lowest BCUT2D eigenvalue weighted by molar-refractivity contribution is 0.0207. The average molecular weight is 339 g/mol. The molecule has 126 valence electrons. The summed E-state index contributed by atoms with van der Waals surface area (Å²) in [5.41, 5.74) is 0.279. The van der Waals surface area contributed by atoms with Gasteiger partial charge >= 0.3 is 6.09 Å². The summed E-state index contributed by atoms with van der Waals surface area (Å²) in [6.45, 7) is 6.67. The molecule has 0 spiro atoms. The van der Waals surface area contributed by atoms with Crippen LogP contribution in [0.5, 0.6) is 0 Å². The first-order chi connectivity index (χ1) is 10.8. The predicted octanol–water partition coefficient (Wildman–Crippen LogP) is 3.50. The number of halogens is 1. The van der Waals surface area contributed by atoms with E-state index in [0.29, 0.717) is 0 Å². The van der Waals surface area contributed by atoms with Crippen LogP contribution >= 0.6 is 11.8 Å². The van der Waals surface area contributed by atoms with Crippen molar-refractivity contribution in [2.24, 2.45) is 4.99 Å². The van der Waals surface area contributed by atoms with Crippen LogP contribution in [0.15, 0.2) is 29.5 Å². The summed E-state index contributed by atoms with van der Waals surface area (Å²) in [5.74, 6) is 0. The minimum atomic E-state index is -0.620. The van der Waals surface area contributed by atoms with Crippen molar-refractivity contribution in [3.05, 3.63) is 30.1 Å². The molecule has 0 bridgehead atoms. The first-order valence-corrected chi connectivity index (χ1v) is 8.40. The van der Waals surface area contributed by atoms with Crippen LogP contribution in [0.2, 0.25) is 0 Å². The van der Waals surface area contributed by atoms with E-state index in [-0.39, 0.29) is 18.0 Å². The van der Waals surface area contributed by atoms with E-state index in [4.69, 9.17) is 4.74 Å². The average Bonchev–Trinajstić information content (AvgIpc) is 2.85. The van der Waals surface area contributed by atoms with E-state index in [2.05, 4.69) is 9.98 Å². The summed E-state index contributed by atoms with van der Waals surface area (Å²) in [4.78, 5) is 22.5. The zero-order chi connectivity index (χ0) is 17.0. The molecule has 5 nitrogen and oxygen atoms in total. The highest BCUT2D eigenvalue weighted by Gasteiger charge is 2.37. The minimum Gasteiger partial charge on any atom is -0.444 e. The minimum absolute atomic E-state index is 0.00718. The Morgan fingerprint density at radius 1 is 1.48 bits per heavy atom. The molecule has 0 saturated carbocycles. The van der Waals surface area contributed by atoms with Crippen LogP contribution in [-0.4, -0.2) is 51.3 Å². The van der Waals surface area contributed by atoms with Crippen LogP contribution < -0.4 is 0 Å². The summed E-state index contributed by atoms with van der Waals surface area (Å²) in [5, 5.41) is 0.527. The molecule has 0 aromatic carbocycles. The molecule has 1 aliphatic rings. The predicted molar refractivity (Wildman–Crippen MR) is 90.5 cm³/mol. The topological polar surface area (TPSA) is 54.8 Å². The Balaban J connectivity index is 2.14. The number of hydrogen-bond donors (Lipinski definition) is 0. The molecule has 0 radical (unpaired) electrons. The van der Waals surface area contributed by atoms with Crippen LogP contribution in [-0.2, 0) is 4.74 Å². The maximum Gasteiger partial charge on any atom is 0.411 e. The second-order valence-electron chi connectivity index (χ2n) is 6.29. The van der Waals surface area contributed by atoms with Gasteiger partial charge in [0.05, 0.1) is 12.6 Å². The lowest BCUT2D eigenvalue weighted by Crippen LogP contribution is -2.45. The Morgan fingerprint density at radius 2 is 2.22 bits per heavy atom. The highest BCUT2D eigenvalue weighted by molar-refractivity contribution is 8.15. The third-order valence-corrected chi connectivity index (χ3v) is 4.59. The van der Waals surface area contributed by atoms with Gasteiger partial charge in [0, 0.05) is 18.0 Å². The summed E-state index contributed by atoms with van der Waals surface area (Å²) in [6.07, 6.45) is 2.91. The van der Waals surface area contributed by atoms with Gasteiger partial charge < -0.3 is 4.74 Å². The number of carbonyl (C=O) groups is 1. The standard InChI is InChI=1S/C16H22FN3O2S/c1-11-14(20(9-7-17)15(21)22-16(2,3)4)23-13(19-11)12-6-5-8-18-10-12/h5-6,8,10-11,14H,7,9H2,1-4H3. The van der Waals surface area contributed by atoms with Gasteiger partial charge in [-0.25, -0.2) is 9.18 Å². The van der Waals surface area contributed by atoms with Gasteiger partial charge in [-0.05, 0) is 39.8 Å². The zero-order valence-electron chi connectivity index (χ0n) is 13.8. The van der Waals surface area contributed by atoms with Gasteiger partial charge in [0.2, 0.25) is 0 Å². The van der Waals surface area contributed by atoms with E-state index in [1.54, 1.807) is 33.2 Å². The van der Waals surface area contributed by atoms with Gasteiger partial charge in [0.25, 0.3) is 0 Å². The second kappa shape index (κ2) is 7.29. The van der Waals surface area contributed by atoms with Crippen molar-refractivity contribution in [2.75, 3.05) is 13.2 Å². The first kappa shape index (κ1) is 17.7. The number of rotatable bonds is 4. The van der Waals surface area contributed by atoms with Gasteiger partial charge in [0.15, 0.2) is 0 Å². The summed E-state index contributed by atoms with van der Waals surface area (Å²) < 4.78 is 18.3. The molecule has 1 aliphatic heterocycles. The largest absolute Gasteiger partial charge is 0.444 e. The van der Waals surface area contributed by atoms with Crippen molar-refractivity contribution in [1.82, 2.24) is 9.88 Å². The van der Waals surface area contributed by atoms with Crippen LogP contribution in [0.3, 0.4) is 0 Å². The molecule has 2 rings (SSSR count). The van der Waals surface area contributed by atoms with Crippen molar-refractivity contribution in [1.29, 1.82) is 0 Å². The van der Waals surface area contributed by atoms with Gasteiger partial charge in [-0.1, -0.05) is 11.8 Å². The fraction of sp³-hybridized carbons (Fsp3) is 0.562. The first-order valence-electron chi connectivity index (χ1n) is 7.52. The van der Waals surface area contributed by atoms with Gasteiger partial charge in [-0.3, -0.25) is 14.9 Å². The molecule has 2 heterocycles. The summed E-state index contributed by atoms with van der Waals surface area (Å²) in [7, 11) is 0. The molecule has 0 N–H and O–H groups in total. The van der Waals surface area contributed by atoms with Crippen molar-refractivity contribution < 1.29 is 13.9 Å². The zero-order valence-corrected chi connectivity index (χ0v) is 14.6. The molecule has 0 fully saturated rings. The Morgan fingerprint density at radius 3 is 2.78 bits per heavy atom. The molecule has 1 aromatic heterocycles. The molecular formula is C16H22FN3O2S. The number of aromatic nitrogens is 1.